The van der Waals surface area contributed by atoms with Crippen LogP contribution in [-0.2, 0) is 4.74 Å². The zero-order valence-electron chi connectivity index (χ0n) is 14.3. The van der Waals surface area contributed by atoms with Crippen LogP contribution in [0, 0.1) is 0 Å². The van der Waals surface area contributed by atoms with Crippen LogP contribution in [0.2, 0.25) is 0 Å². The SMILES string of the molecule is CCOC(=O)c1cc(-c2cccc3ccccc23)c2ccccn2c1=O. The van der Waals surface area contributed by atoms with Crippen molar-refractivity contribution >= 4 is 22.3 Å². The van der Waals surface area contributed by atoms with Crippen LogP contribution in [0.1, 0.15) is 17.3 Å². The number of carbonyl (C=O) groups is 1. The van der Waals surface area contributed by atoms with Gasteiger partial charge in [0.2, 0.25) is 0 Å². The molecule has 0 aliphatic rings. The smallest absolute Gasteiger partial charge is 0.343 e. The summed E-state index contributed by atoms with van der Waals surface area (Å²) in [6.45, 7) is 1.95. The molecule has 2 heterocycles. The van der Waals surface area contributed by atoms with Gasteiger partial charge in [0.05, 0.1) is 12.1 Å². The molecule has 0 N–H and O–H groups in total. The molecule has 26 heavy (non-hydrogen) atoms. The lowest BCUT2D eigenvalue weighted by Crippen LogP contribution is -2.23. The number of aromatic nitrogens is 1. The molecule has 2 aromatic carbocycles. The normalized spacial score (nSPS) is 11.0. The summed E-state index contributed by atoms with van der Waals surface area (Å²) < 4.78 is 6.59. The largest absolute Gasteiger partial charge is 0.462 e. The first kappa shape index (κ1) is 16.1. The summed E-state index contributed by atoms with van der Waals surface area (Å²) >= 11 is 0. The average molecular weight is 343 g/mol. The number of nitrogens with zero attached hydrogens (tertiary/aromatic N) is 1. The van der Waals surface area contributed by atoms with Gasteiger partial charge in [-0.25, -0.2) is 4.79 Å². The molecule has 4 heteroatoms. The van der Waals surface area contributed by atoms with E-state index in [0.717, 1.165) is 27.4 Å². The molecule has 0 atom stereocenters. The standard InChI is InChI=1S/C22H17NO3/c1-2-26-22(25)19-14-18(20-12-5-6-13-23(20)21(19)24)17-11-7-9-15-8-3-4-10-16(15)17/h3-14H,2H2,1H3. The summed E-state index contributed by atoms with van der Waals surface area (Å²) in [5.41, 5.74) is 2.21. The second-order valence-electron chi connectivity index (χ2n) is 5.98. The van der Waals surface area contributed by atoms with Crippen LogP contribution in [0.25, 0.3) is 27.4 Å². The van der Waals surface area contributed by atoms with Crippen LogP contribution in [-0.4, -0.2) is 17.0 Å². The Balaban J connectivity index is 2.10. The van der Waals surface area contributed by atoms with E-state index in [2.05, 4.69) is 0 Å². The van der Waals surface area contributed by atoms with E-state index < -0.39 is 5.97 Å². The fourth-order valence-corrected chi connectivity index (χ4v) is 3.28. The maximum absolute atomic E-state index is 12.8. The molecule has 0 spiro atoms. The predicted molar refractivity (Wildman–Crippen MR) is 103 cm³/mol. The number of hydrogen-bond acceptors (Lipinski definition) is 3. The molecule has 4 aromatic rings. The summed E-state index contributed by atoms with van der Waals surface area (Å²) in [7, 11) is 0. The summed E-state index contributed by atoms with van der Waals surface area (Å²) in [6, 6.07) is 21.3. The minimum Gasteiger partial charge on any atom is -0.462 e. The van der Waals surface area contributed by atoms with Crippen molar-refractivity contribution < 1.29 is 9.53 Å². The van der Waals surface area contributed by atoms with Gasteiger partial charge in [0, 0.05) is 11.8 Å². The Kier molecular flexibility index (Phi) is 4.01. The molecule has 128 valence electrons. The van der Waals surface area contributed by atoms with Gasteiger partial charge in [-0.2, -0.15) is 0 Å². The third-order valence-corrected chi connectivity index (χ3v) is 4.45. The minimum absolute atomic E-state index is 0.0403. The van der Waals surface area contributed by atoms with Crippen LogP contribution in [0.5, 0.6) is 0 Å². The summed E-state index contributed by atoms with van der Waals surface area (Å²) in [6.07, 6.45) is 1.68. The van der Waals surface area contributed by atoms with E-state index in [9.17, 15) is 9.59 Å². The second kappa shape index (κ2) is 6.48. The van der Waals surface area contributed by atoms with Crippen molar-refractivity contribution in [2.75, 3.05) is 6.61 Å². The molecule has 0 bridgehead atoms. The minimum atomic E-state index is -0.600. The lowest BCUT2D eigenvalue weighted by Gasteiger charge is -2.13. The van der Waals surface area contributed by atoms with Crippen LogP contribution in [0.3, 0.4) is 0 Å². The van der Waals surface area contributed by atoms with Crippen molar-refractivity contribution in [3.8, 4) is 11.1 Å². The van der Waals surface area contributed by atoms with E-state index in [0.29, 0.717) is 0 Å². The van der Waals surface area contributed by atoms with Gasteiger partial charge in [0.15, 0.2) is 0 Å². The average Bonchev–Trinajstić information content (AvgIpc) is 2.68. The van der Waals surface area contributed by atoms with Gasteiger partial charge in [-0.3, -0.25) is 9.20 Å². The Morgan fingerprint density at radius 1 is 0.962 bits per heavy atom. The Bertz CT molecular complexity index is 1190. The van der Waals surface area contributed by atoms with Gasteiger partial charge >= 0.3 is 5.97 Å². The summed E-state index contributed by atoms with van der Waals surface area (Å²) in [5.74, 6) is -0.600. The Hall–Kier alpha value is -3.40. The van der Waals surface area contributed by atoms with E-state index in [1.165, 1.54) is 4.40 Å². The van der Waals surface area contributed by atoms with Crippen molar-refractivity contribution in [2.45, 2.75) is 6.92 Å². The highest BCUT2D eigenvalue weighted by Crippen LogP contribution is 2.31. The van der Waals surface area contributed by atoms with E-state index in [1.54, 1.807) is 25.3 Å². The van der Waals surface area contributed by atoms with Crippen molar-refractivity contribution in [2.24, 2.45) is 0 Å². The molecule has 0 unspecified atom stereocenters. The summed E-state index contributed by atoms with van der Waals surface area (Å²) in [4.78, 5) is 25.1. The number of rotatable bonds is 3. The molecule has 0 amide bonds. The van der Waals surface area contributed by atoms with Crippen LogP contribution in [0.15, 0.2) is 77.7 Å². The molecule has 0 aliphatic heterocycles. The molecular formula is C22H17NO3. The molecule has 0 radical (unpaired) electrons. The van der Waals surface area contributed by atoms with Crippen molar-refractivity contribution in [1.29, 1.82) is 0 Å². The molecule has 2 aromatic heterocycles. The van der Waals surface area contributed by atoms with Gasteiger partial charge in [0.1, 0.15) is 5.56 Å². The van der Waals surface area contributed by atoms with Gasteiger partial charge in [-0.15, -0.1) is 0 Å². The van der Waals surface area contributed by atoms with E-state index >= 15 is 0 Å². The first-order valence-corrected chi connectivity index (χ1v) is 8.50. The van der Waals surface area contributed by atoms with E-state index in [4.69, 9.17) is 4.74 Å². The summed E-state index contributed by atoms with van der Waals surface area (Å²) in [5, 5.41) is 2.16. The third-order valence-electron chi connectivity index (χ3n) is 4.45. The fraction of sp³-hybridized carbons (Fsp3) is 0.0909. The monoisotopic (exact) mass is 343 g/mol. The Morgan fingerprint density at radius 3 is 2.58 bits per heavy atom. The van der Waals surface area contributed by atoms with Gasteiger partial charge in [0.25, 0.3) is 5.56 Å². The molecule has 0 aliphatic carbocycles. The quantitative estimate of drug-likeness (QED) is 0.521. The third kappa shape index (κ3) is 2.56. The number of hydrogen-bond donors (Lipinski definition) is 0. The van der Waals surface area contributed by atoms with E-state index in [1.807, 2.05) is 54.6 Å². The molecular weight excluding hydrogens is 326 g/mol. The molecule has 0 saturated carbocycles. The number of benzene rings is 2. The maximum atomic E-state index is 12.8. The molecule has 0 saturated heterocycles. The zero-order chi connectivity index (χ0) is 18.1. The van der Waals surface area contributed by atoms with Gasteiger partial charge in [-0.1, -0.05) is 48.5 Å². The molecule has 4 nitrogen and oxygen atoms in total. The molecule has 4 rings (SSSR count). The molecule has 0 fully saturated rings. The lowest BCUT2D eigenvalue weighted by atomic mass is 9.96. The van der Waals surface area contributed by atoms with Crippen molar-refractivity contribution in [3.63, 3.8) is 0 Å². The zero-order valence-corrected chi connectivity index (χ0v) is 14.3. The number of carbonyl (C=O) groups excluding carboxylic acids is 1. The highest BCUT2D eigenvalue weighted by atomic mass is 16.5. The van der Waals surface area contributed by atoms with Crippen molar-refractivity contribution in [3.05, 3.63) is 88.8 Å². The fourth-order valence-electron chi connectivity index (χ4n) is 3.28. The first-order valence-electron chi connectivity index (χ1n) is 8.50. The predicted octanol–water partition coefficient (Wildman–Crippen LogP) is 4.30. The van der Waals surface area contributed by atoms with Gasteiger partial charge < -0.3 is 4.74 Å². The Labute approximate surface area is 150 Å². The second-order valence-corrected chi connectivity index (χ2v) is 5.98. The number of esters is 1. The van der Waals surface area contributed by atoms with E-state index in [-0.39, 0.29) is 17.7 Å². The number of fused-ring (bicyclic) bond motifs is 2. The number of ether oxygens (including phenoxy) is 1. The highest BCUT2D eigenvalue weighted by Gasteiger charge is 2.18. The highest BCUT2D eigenvalue weighted by molar-refractivity contribution is 6.02. The maximum Gasteiger partial charge on any atom is 0.343 e. The Morgan fingerprint density at radius 2 is 1.73 bits per heavy atom. The number of pyridine rings is 2. The van der Waals surface area contributed by atoms with Crippen LogP contribution < -0.4 is 5.56 Å². The first-order chi connectivity index (χ1) is 12.7. The van der Waals surface area contributed by atoms with Crippen molar-refractivity contribution in [1.82, 2.24) is 4.40 Å². The lowest BCUT2D eigenvalue weighted by molar-refractivity contribution is 0.0524. The van der Waals surface area contributed by atoms with Gasteiger partial charge in [-0.05, 0) is 41.5 Å². The topological polar surface area (TPSA) is 47.8 Å². The van der Waals surface area contributed by atoms with Crippen LogP contribution >= 0.6 is 0 Å². The van der Waals surface area contributed by atoms with Crippen LogP contribution in [0.4, 0.5) is 0 Å².